The number of halogens is 2. The van der Waals surface area contributed by atoms with Crippen LogP contribution in [0.25, 0.3) is 11.4 Å². The summed E-state index contributed by atoms with van der Waals surface area (Å²) in [6.07, 6.45) is 4.65. The van der Waals surface area contributed by atoms with Gasteiger partial charge in [0.05, 0.1) is 25.5 Å². The molecule has 1 unspecified atom stereocenters. The van der Waals surface area contributed by atoms with Gasteiger partial charge in [0.25, 0.3) is 5.91 Å². The van der Waals surface area contributed by atoms with Gasteiger partial charge in [-0.3, -0.25) is 4.79 Å². The number of rotatable bonds is 6. The van der Waals surface area contributed by atoms with Gasteiger partial charge in [0, 0.05) is 17.3 Å². The molecule has 0 saturated carbocycles. The number of hydrogen-bond donors (Lipinski definition) is 0. The van der Waals surface area contributed by atoms with Gasteiger partial charge in [-0.25, -0.2) is 14.8 Å². The summed E-state index contributed by atoms with van der Waals surface area (Å²) in [5, 5.41) is 0.908. The molecular formula is C26H25Cl2N6O4+. The number of hydrogen-bond acceptors (Lipinski definition) is 7. The Morgan fingerprint density at radius 2 is 1.76 bits per heavy atom. The standard InChI is InChI=1S/C26H25Cl2N6O4/c1-13(2)33-21-19(30-22(33)17-11-29-26(38-5)31-23(17)37-4)25(36)34(18-10-16(28)12-32(3)24(18)35)20(21)14-6-8-15(27)9-7-14/h6-13,18,20H,1-5H3/q+1/t18?,20-/m0/s1. The van der Waals surface area contributed by atoms with E-state index in [9.17, 15) is 9.59 Å². The lowest BCUT2D eigenvalue weighted by molar-refractivity contribution is -0.417. The zero-order valence-corrected chi connectivity index (χ0v) is 22.9. The lowest BCUT2D eigenvalue weighted by atomic mass is 10.0. The number of likely N-dealkylation sites (N-methyl/N-ethyl adjacent to an activating group) is 1. The van der Waals surface area contributed by atoms with Crippen molar-refractivity contribution >= 4 is 41.2 Å². The predicted molar refractivity (Wildman–Crippen MR) is 141 cm³/mol. The Morgan fingerprint density at radius 3 is 2.39 bits per heavy atom. The lowest BCUT2D eigenvalue weighted by Gasteiger charge is -2.31. The number of fused-ring (bicyclic) bond motifs is 1. The number of amides is 2. The van der Waals surface area contributed by atoms with Crippen molar-refractivity contribution in [3.05, 3.63) is 63.5 Å². The molecule has 0 fully saturated rings. The molecule has 2 amide bonds. The van der Waals surface area contributed by atoms with Crippen LogP contribution in [0.2, 0.25) is 5.02 Å². The largest absolute Gasteiger partial charge is 0.480 e. The van der Waals surface area contributed by atoms with Crippen molar-refractivity contribution in [1.29, 1.82) is 0 Å². The van der Waals surface area contributed by atoms with Gasteiger partial charge in [0.1, 0.15) is 23.9 Å². The van der Waals surface area contributed by atoms with E-state index in [0.717, 1.165) is 5.56 Å². The maximum Gasteiger partial charge on any atom is 0.413 e. The SMILES string of the molecule is COc1ncc(-c2nc3c(n2C(C)C)[C@H](c2ccc(Cl)cc2)N(C2C=C(Cl)C=[N+](C)C2=O)C3=O)c(OC)n1. The molecule has 5 rings (SSSR count). The van der Waals surface area contributed by atoms with E-state index >= 15 is 0 Å². The molecule has 0 saturated heterocycles. The van der Waals surface area contributed by atoms with E-state index in [0.29, 0.717) is 27.1 Å². The number of ether oxygens (including phenoxy) is 2. The van der Waals surface area contributed by atoms with Gasteiger partial charge < -0.3 is 18.9 Å². The molecule has 2 atom stereocenters. The number of allylic oxidation sites excluding steroid dienone is 1. The minimum absolute atomic E-state index is 0.132. The topological polar surface area (TPSA) is 102 Å². The van der Waals surface area contributed by atoms with Crippen LogP contribution in [0.5, 0.6) is 11.9 Å². The molecule has 4 heterocycles. The Bertz CT molecular complexity index is 1510. The van der Waals surface area contributed by atoms with E-state index in [1.54, 1.807) is 31.5 Å². The van der Waals surface area contributed by atoms with Crippen LogP contribution < -0.4 is 9.47 Å². The van der Waals surface area contributed by atoms with Crippen molar-refractivity contribution in [2.45, 2.75) is 32.0 Å². The third kappa shape index (κ3) is 4.13. The number of carbonyl (C=O) groups is 2. The molecular weight excluding hydrogens is 531 g/mol. The van der Waals surface area contributed by atoms with Crippen LogP contribution in [0.3, 0.4) is 0 Å². The molecule has 0 aliphatic carbocycles. The zero-order chi connectivity index (χ0) is 27.3. The van der Waals surface area contributed by atoms with Gasteiger partial charge in [-0.05, 0) is 37.6 Å². The predicted octanol–water partition coefficient (Wildman–Crippen LogP) is 3.88. The second-order valence-corrected chi connectivity index (χ2v) is 10.0. The Labute approximate surface area is 229 Å². The molecule has 196 valence electrons. The van der Waals surface area contributed by atoms with Crippen LogP contribution in [-0.4, -0.2) is 74.3 Å². The quantitative estimate of drug-likeness (QED) is 0.425. The molecule has 3 aromatic rings. The summed E-state index contributed by atoms with van der Waals surface area (Å²) >= 11 is 12.5. The van der Waals surface area contributed by atoms with Gasteiger partial charge in [0.15, 0.2) is 18.0 Å². The van der Waals surface area contributed by atoms with Crippen molar-refractivity contribution in [2.75, 3.05) is 21.3 Å². The molecule has 0 radical (unpaired) electrons. The van der Waals surface area contributed by atoms with Gasteiger partial charge in [0.2, 0.25) is 5.88 Å². The fourth-order valence-corrected chi connectivity index (χ4v) is 5.27. The Balaban J connectivity index is 1.76. The summed E-state index contributed by atoms with van der Waals surface area (Å²) < 4.78 is 14.0. The highest BCUT2D eigenvalue weighted by Gasteiger charge is 2.50. The van der Waals surface area contributed by atoms with E-state index in [2.05, 4.69) is 9.97 Å². The first-order valence-electron chi connectivity index (χ1n) is 11.8. The van der Waals surface area contributed by atoms with Crippen molar-refractivity contribution in [1.82, 2.24) is 24.4 Å². The fourth-order valence-electron chi connectivity index (χ4n) is 4.88. The summed E-state index contributed by atoms with van der Waals surface area (Å²) in [6, 6.07) is 5.61. The Hall–Kier alpha value is -3.76. The molecule has 0 spiro atoms. The molecule has 10 nitrogen and oxygen atoms in total. The number of nitrogens with zero attached hydrogens (tertiary/aromatic N) is 6. The van der Waals surface area contributed by atoms with E-state index in [4.69, 9.17) is 37.7 Å². The summed E-state index contributed by atoms with van der Waals surface area (Å²) in [5.74, 6) is 0.0337. The lowest BCUT2D eigenvalue weighted by Crippen LogP contribution is -2.48. The Morgan fingerprint density at radius 1 is 1.05 bits per heavy atom. The fraction of sp³-hybridized carbons (Fsp3) is 0.308. The van der Waals surface area contributed by atoms with Gasteiger partial charge in [-0.15, -0.1) is 0 Å². The second kappa shape index (κ2) is 9.85. The molecule has 0 N–H and O–H groups in total. The van der Waals surface area contributed by atoms with Crippen LogP contribution in [0.1, 0.15) is 47.7 Å². The van der Waals surface area contributed by atoms with Gasteiger partial charge in [-0.2, -0.15) is 9.56 Å². The van der Waals surface area contributed by atoms with E-state index < -0.39 is 18.0 Å². The monoisotopic (exact) mass is 555 g/mol. The first-order chi connectivity index (χ1) is 18.2. The molecule has 0 bridgehead atoms. The average Bonchev–Trinajstić information content (AvgIpc) is 3.41. The van der Waals surface area contributed by atoms with E-state index in [1.807, 2.05) is 30.5 Å². The number of methoxy groups -OCH3 is 2. The van der Waals surface area contributed by atoms with Crippen LogP contribution >= 0.6 is 23.2 Å². The minimum Gasteiger partial charge on any atom is -0.480 e. The maximum absolute atomic E-state index is 14.1. The third-order valence-electron chi connectivity index (χ3n) is 6.51. The molecule has 38 heavy (non-hydrogen) atoms. The van der Waals surface area contributed by atoms with Gasteiger partial charge in [-0.1, -0.05) is 35.3 Å². The van der Waals surface area contributed by atoms with Gasteiger partial charge >= 0.3 is 11.9 Å². The van der Waals surface area contributed by atoms with Crippen molar-refractivity contribution in [3.8, 4) is 23.3 Å². The molecule has 2 aliphatic rings. The summed E-state index contributed by atoms with van der Waals surface area (Å²) in [5.41, 5.74) is 2.12. The highest BCUT2D eigenvalue weighted by molar-refractivity contribution is 6.39. The van der Waals surface area contributed by atoms with Crippen LogP contribution in [0.4, 0.5) is 0 Å². The smallest absolute Gasteiger partial charge is 0.413 e. The van der Waals surface area contributed by atoms with E-state index in [-0.39, 0.29) is 29.5 Å². The molecule has 12 heteroatoms. The molecule has 2 aromatic heterocycles. The minimum atomic E-state index is -0.928. The molecule has 2 aliphatic heterocycles. The highest BCUT2D eigenvalue weighted by Crippen LogP contribution is 2.45. The third-order valence-corrected chi connectivity index (χ3v) is 6.98. The number of benzene rings is 1. The van der Waals surface area contributed by atoms with Crippen LogP contribution in [0.15, 0.2) is 41.6 Å². The van der Waals surface area contributed by atoms with Crippen molar-refractivity contribution < 1.29 is 23.6 Å². The van der Waals surface area contributed by atoms with Crippen molar-refractivity contribution in [2.24, 2.45) is 0 Å². The first kappa shape index (κ1) is 25.9. The summed E-state index contributed by atoms with van der Waals surface area (Å²) in [7, 11) is 4.56. The van der Waals surface area contributed by atoms with E-state index in [1.165, 1.54) is 29.9 Å². The molecule has 1 aromatic carbocycles. The first-order valence-corrected chi connectivity index (χ1v) is 12.6. The average molecular weight is 556 g/mol. The number of carbonyl (C=O) groups excluding carboxylic acids is 2. The van der Waals surface area contributed by atoms with Crippen LogP contribution in [0, 0.1) is 0 Å². The van der Waals surface area contributed by atoms with Crippen molar-refractivity contribution in [3.63, 3.8) is 0 Å². The summed E-state index contributed by atoms with van der Waals surface area (Å²) in [6.45, 7) is 3.97. The second-order valence-electron chi connectivity index (χ2n) is 9.15. The number of imidazole rings is 1. The summed E-state index contributed by atoms with van der Waals surface area (Å²) in [4.78, 5) is 42.2. The number of aromatic nitrogens is 4. The maximum atomic E-state index is 14.1. The Kier molecular flexibility index (Phi) is 6.70. The zero-order valence-electron chi connectivity index (χ0n) is 21.3. The van der Waals surface area contributed by atoms with Crippen LogP contribution in [-0.2, 0) is 4.79 Å². The highest BCUT2D eigenvalue weighted by atomic mass is 35.5. The normalized spacial score (nSPS) is 19.0.